The summed E-state index contributed by atoms with van der Waals surface area (Å²) in [5.74, 6) is -0.00139. The van der Waals surface area contributed by atoms with Crippen molar-refractivity contribution in [3.8, 4) is 0 Å². The highest BCUT2D eigenvalue weighted by molar-refractivity contribution is 5.99. The van der Waals surface area contributed by atoms with Crippen molar-refractivity contribution in [1.29, 1.82) is 0 Å². The Morgan fingerprint density at radius 3 is 2.35 bits per heavy atom. The monoisotopic (exact) mass is 275 g/mol. The van der Waals surface area contributed by atoms with Gasteiger partial charge in [0.15, 0.2) is 5.78 Å². The van der Waals surface area contributed by atoms with Gasteiger partial charge in [-0.05, 0) is 64.2 Å². The molecule has 1 fully saturated rings. The van der Waals surface area contributed by atoms with Gasteiger partial charge < -0.3 is 15.5 Å². The molecular weight excluding hydrogens is 250 g/mol. The second-order valence-electron chi connectivity index (χ2n) is 5.85. The van der Waals surface area contributed by atoms with Crippen LogP contribution in [0.4, 0.5) is 5.69 Å². The fourth-order valence-electron chi connectivity index (χ4n) is 2.72. The molecule has 0 aliphatic carbocycles. The van der Waals surface area contributed by atoms with Crippen LogP contribution in [-0.2, 0) is 0 Å². The predicted molar refractivity (Wildman–Crippen MR) is 83.3 cm³/mol. The van der Waals surface area contributed by atoms with E-state index in [9.17, 15) is 4.79 Å². The Morgan fingerprint density at radius 2 is 1.85 bits per heavy atom. The maximum atomic E-state index is 11.8. The molecule has 0 bridgehead atoms. The van der Waals surface area contributed by atoms with Crippen molar-refractivity contribution in [2.75, 3.05) is 32.1 Å². The molecule has 110 valence electrons. The molecule has 1 saturated heterocycles. The minimum atomic E-state index is -0.438. The van der Waals surface area contributed by atoms with Crippen molar-refractivity contribution in [3.05, 3.63) is 29.8 Å². The van der Waals surface area contributed by atoms with Gasteiger partial charge in [0.1, 0.15) is 0 Å². The molecule has 20 heavy (non-hydrogen) atoms. The summed E-state index contributed by atoms with van der Waals surface area (Å²) in [5, 5.41) is 0. The van der Waals surface area contributed by atoms with E-state index >= 15 is 0 Å². The summed E-state index contributed by atoms with van der Waals surface area (Å²) in [6.07, 6.45) is 2.38. The van der Waals surface area contributed by atoms with Gasteiger partial charge in [0.05, 0.1) is 6.04 Å². The summed E-state index contributed by atoms with van der Waals surface area (Å²) in [6.45, 7) is 4.02. The number of anilines is 1. The molecule has 4 nitrogen and oxygen atoms in total. The number of likely N-dealkylation sites (tertiary alicyclic amines) is 1. The number of hydrogen-bond acceptors (Lipinski definition) is 4. The lowest BCUT2D eigenvalue weighted by Crippen LogP contribution is -2.42. The summed E-state index contributed by atoms with van der Waals surface area (Å²) in [4.78, 5) is 16.5. The number of ketones is 1. The third kappa shape index (κ3) is 3.38. The Bertz CT molecular complexity index is 447. The molecule has 1 heterocycles. The van der Waals surface area contributed by atoms with Gasteiger partial charge in [-0.1, -0.05) is 0 Å². The summed E-state index contributed by atoms with van der Waals surface area (Å²) in [5.41, 5.74) is 7.49. The van der Waals surface area contributed by atoms with Gasteiger partial charge in [-0.2, -0.15) is 0 Å². The van der Waals surface area contributed by atoms with Crippen molar-refractivity contribution in [2.45, 2.75) is 31.8 Å². The van der Waals surface area contributed by atoms with E-state index in [1.165, 1.54) is 18.5 Å². The average molecular weight is 275 g/mol. The molecule has 0 spiro atoms. The summed E-state index contributed by atoms with van der Waals surface area (Å²) in [7, 11) is 4.31. The van der Waals surface area contributed by atoms with Gasteiger partial charge in [-0.3, -0.25) is 4.79 Å². The highest BCUT2D eigenvalue weighted by Gasteiger charge is 2.21. The first-order valence-corrected chi connectivity index (χ1v) is 7.30. The molecule has 1 atom stereocenters. The maximum Gasteiger partial charge on any atom is 0.179 e. The van der Waals surface area contributed by atoms with Crippen molar-refractivity contribution < 1.29 is 4.79 Å². The molecule has 1 aliphatic heterocycles. The molecule has 4 heteroatoms. The Balaban J connectivity index is 2.04. The van der Waals surface area contributed by atoms with E-state index in [-0.39, 0.29) is 5.78 Å². The average Bonchev–Trinajstić information content (AvgIpc) is 2.46. The third-order valence-electron chi connectivity index (χ3n) is 4.21. The lowest BCUT2D eigenvalue weighted by atomic mass is 10.0. The zero-order valence-corrected chi connectivity index (χ0v) is 12.7. The van der Waals surface area contributed by atoms with Gasteiger partial charge in [0.2, 0.25) is 0 Å². The Morgan fingerprint density at radius 1 is 1.30 bits per heavy atom. The lowest BCUT2D eigenvalue weighted by Gasteiger charge is -2.36. The number of hydrogen-bond donors (Lipinski definition) is 1. The van der Waals surface area contributed by atoms with Crippen LogP contribution in [0.15, 0.2) is 24.3 Å². The van der Waals surface area contributed by atoms with Crippen LogP contribution in [0.5, 0.6) is 0 Å². The minimum absolute atomic E-state index is 0.00139. The number of nitrogens with zero attached hydrogens (tertiary/aromatic N) is 2. The number of nitrogens with two attached hydrogens (primary N) is 1. The van der Waals surface area contributed by atoms with Crippen LogP contribution in [0.25, 0.3) is 0 Å². The third-order valence-corrected chi connectivity index (χ3v) is 4.21. The fourth-order valence-corrected chi connectivity index (χ4v) is 2.72. The number of benzene rings is 1. The van der Waals surface area contributed by atoms with E-state index in [0.29, 0.717) is 11.6 Å². The van der Waals surface area contributed by atoms with Crippen LogP contribution < -0.4 is 10.6 Å². The number of Topliss-reactive ketones (excluding diaryl/α,β-unsaturated/α-hetero) is 1. The van der Waals surface area contributed by atoms with E-state index < -0.39 is 6.04 Å². The zero-order chi connectivity index (χ0) is 14.7. The molecule has 0 aromatic heterocycles. The summed E-state index contributed by atoms with van der Waals surface area (Å²) >= 11 is 0. The first-order chi connectivity index (χ1) is 9.49. The molecule has 1 unspecified atom stereocenters. The van der Waals surface area contributed by atoms with Crippen LogP contribution in [0.3, 0.4) is 0 Å². The maximum absolute atomic E-state index is 11.8. The molecule has 1 aromatic carbocycles. The second kappa shape index (κ2) is 6.37. The van der Waals surface area contributed by atoms with Crippen LogP contribution in [-0.4, -0.2) is 50.0 Å². The first-order valence-electron chi connectivity index (χ1n) is 7.30. The molecule has 0 saturated carbocycles. The fraction of sp³-hybridized carbons (Fsp3) is 0.562. The summed E-state index contributed by atoms with van der Waals surface area (Å²) < 4.78 is 0. The van der Waals surface area contributed by atoms with E-state index in [1.807, 2.05) is 24.3 Å². The van der Waals surface area contributed by atoms with Gasteiger partial charge in [0, 0.05) is 24.3 Å². The number of carbonyl (C=O) groups is 1. The van der Waals surface area contributed by atoms with Crippen LogP contribution in [0.1, 0.15) is 30.1 Å². The molecule has 1 aliphatic rings. The normalized spacial score (nSPS) is 18.8. The smallest absolute Gasteiger partial charge is 0.179 e. The van der Waals surface area contributed by atoms with E-state index in [4.69, 9.17) is 5.73 Å². The largest absolute Gasteiger partial charge is 0.372 e. The van der Waals surface area contributed by atoms with Crippen molar-refractivity contribution in [1.82, 2.24) is 4.90 Å². The Hall–Kier alpha value is -1.39. The molecule has 0 amide bonds. The highest BCUT2D eigenvalue weighted by atomic mass is 16.1. The minimum Gasteiger partial charge on any atom is -0.372 e. The highest BCUT2D eigenvalue weighted by Crippen LogP contribution is 2.22. The van der Waals surface area contributed by atoms with Crippen LogP contribution >= 0.6 is 0 Å². The Labute approximate surface area is 121 Å². The predicted octanol–water partition coefficient (Wildman–Crippen LogP) is 1.75. The van der Waals surface area contributed by atoms with Gasteiger partial charge in [0.25, 0.3) is 0 Å². The molecule has 1 aromatic rings. The van der Waals surface area contributed by atoms with E-state index in [1.54, 1.807) is 6.92 Å². The lowest BCUT2D eigenvalue weighted by molar-refractivity contribution is 0.0968. The van der Waals surface area contributed by atoms with E-state index in [0.717, 1.165) is 13.1 Å². The van der Waals surface area contributed by atoms with Gasteiger partial charge in [-0.15, -0.1) is 0 Å². The van der Waals surface area contributed by atoms with Crippen molar-refractivity contribution in [2.24, 2.45) is 5.73 Å². The topological polar surface area (TPSA) is 49.6 Å². The van der Waals surface area contributed by atoms with Gasteiger partial charge >= 0.3 is 0 Å². The zero-order valence-electron chi connectivity index (χ0n) is 12.7. The standard InChI is InChI=1S/C16H25N3O/c1-12(17)16(20)13-4-6-14(7-5-13)19(3)15-8-10-18(2)11-9-15/h4-7,12,15H,8-11,17H2,1-3H3. The molecule has 2 rings (SSSR count). The van der Waals surface area contributed by atoms with Crippen LogP contribution in [0.2, 0.25) is 0 Å². The molecule has 2 N–H and O–H groups in total. The number of piperidine rings is 1. The van der Waals surface area contributed by atoms with Gasteiger partial charge in [-0.25, -0.2) is 0 Å². The second-order valence-corrected chi connectivity index (χ2v) is 5.85. The number of rotatable bonds is 4. The van der Waals surface area contributed by atoms with Crippen molar-refractivity contribution in [3.63, 3.8) is 0 Å². The first kappa shape index (κ1) is 15.0. The van der Waals surface area contributed by atoms with E-state index in [2.05, 4.69) is 23.9 Å². The SMILES string of the molecule is CC(N)C(=O)c1ccc(N(C)C2CCN(C)CC2)cc1. The number of carbonyl (C=O) groups excluding carboxylic acids is 1. The van der Waals surface area contributed by atoms with Crippen LogP contribution in [0, 0.1) is 0 Å². The molecule has 0 radical (unpaired) electrons. The van der Waals surface area contributed by atoms with Crippen molar-refractivity contribution >= 4 is 11.5 Å². The molecular formula is C16H25N3O. The summed E-state index contributed by atoms with van der Waals surface area (Å²) in [6, 6.07) is 7.95. The quantitative estimate of drug-likeness (QED) is 0.851. The Kier molecular flexibility index (Phi) is 4.78.